The lowest BCUT2D eigenvalue weighted by atomic mass is 10.1. The van der Waals surface area contributed by atoms with Gasteiger partial charge in [0.25, 0.3) is 0 Å². The molecule has 8 heteroatoms. The SMILES string of the molecule is Cc1nsc(N2CCC(Oc3ncc(F)cn3)CC2)n1. The van der Waals surface area contributed by atoms with Gasteiger partial charge in [-0.05, 0) is 6.92 Å². The normalized spacial score (nSPS) is 16.4. The summed E-state index contributed by atoms with van der Waals surface area (Å²) in [5.74, 6) is 0.349. The standard InChI is InChI=1S/C12H14FN5OS/c1-8-16-12(20-17-8)18-4-2-10(3-5-18)19-11-14-6-9(13)7-15-11/h6-7,10H,2-5H2,1H3. The maximum Gasteiger partial charge on any atom is 0.316 e. The predicted molar refractivity (Wildman–Crippen MR) is 72.5 cm³/mol. The van der Waals surface area contributed by atoms with Gasteiger partial charge in [-0.1, -0.05) is 0 Å². The van der Waals surface area contributed by atoms with Crippen molar-refractivity contribution >= 4 is 16.7 Å². The molecular formula is C12H14FN5OS. The third-order valence-electron chi connectivity index (χ3n) is 3.10. The number of rotatable bonds is 3. The second-order valence-corrected chi connectivity index (χ2v) is 5.34. The highest BCUT2D eigenvalue weighted by Crippen LogP contribution is 2.23. The number of anilines is 1. The smallest absolute Gasteiger partial charge is 0.316 e. The molecule has 0 atom stereocenters. The molecule has 1 aliphatic heterocycles. The predicted octanol–water partition coefficient (Wildman–Crippen LogP) is 1.82. The van der Waals surface area contributed by atoms with E-state index in [1.807, 2.05) is 6.92 Å². The molecule has 0 radical (unpaired) electrons. The molecule has 0 saturated carbocycles. The van der Waals surface area contributed by atoms with Gasteiger partial charge in [-0.15, -0.1) is 0 Å². The van der Waals surface area contributed by atoms with E-state index in [0.717, 1.165) is 49.3 Å². The van der Waals surface area contributed by atoms with Crippen LogP contribution < -0.4 is 9.64 Å². The fourth-order valence-corrected chi connectivity index (χ4v) is 2.82. The first-order valence-electron chi connectivity index (χ1n) is 6.40. The molecular weight excluding hydrogens is 281 g/mol. The van der Waals surface area contributed by atoms with E-state index in [4.69, 9.17) is 4.74 Å². The molecule has 3 heterocycles. The average molecular weight is 295 g/mol. The van der Waals surface area contributed by atoms with Gasteiger partial charge in [-0.3, -0.25) is 0 Å². The molecule has 0 aliphatic carbocycles. The van der Waals surface area contributed by atoms with Gasteiger partial charge in [0.1, 0.15) is 11.9 Å². The number of hydrogen-bond donors (Lipinski definition) is 0. The highest BCUT2D eigenvalue weighted by Gasteiger charge is 2.23. The minimum Gasteiger partial charge on any atom is -0.460 e. The zero-order valence-electron chi connectivity index (χ0n) is 11.0. The zero-order chi connectivity index (χ0) is 13.9. The number of hydrogen-bond acceptors (Lipinski definition) is 7. The lowest BCUT2D eigenvalue weighted by molar-refractivity contribution is 0.156. The molecule has 6 nitrogen and oxygen atoms in total. The van der Waals surface area contributed by atoms with Crippen molar-refractivity contribution in [2.45, 2.75) is 25.9 Å². The van der Waals surface area contributed by atoms with E-state index in [2.05, 4.69) is 24.2 Å². The Hall–Kier alpha value is -1.83. The molecule has 2 aromatic rings. The van der Waals surface area contributed by atoms with Gasteiger partial charge < -0.3 is 9.64 Å². The van der Waals surface area contributed by atoms with Gasteiger partial charge in [-0.2, -0.15) is 4.37 Å². The van der Waals surface area contributed by atoms with E-state index in [9.17, 15) is 4.39 Å². The van der Waals surface area contributed by atoms with Gasteiger partial charge in [0.15, 0.2) is 5.82 Å². The van der Waals surface area contributed by atoms with Crippen molar-refractivity contribution in [3.8, 4) is 6.01 Å². The van der Waals surface area contributed by atoms with Crippen LogP contribution in [0.4, 0.5) is 9.52 Å². The Labute approximate surface area is 119 Å². The van der Waals surface area contributed by atoms with Gasteiger partial charge >= 0.3 is 6.01 Å². The Kier molecular flexibility index (Phi) is 3.72. The fraction of sp³-hybridized carbons (Fsp3) is 0.500. The first-order valence-corrected chi connectivity index (χ1v) is 7.17. The van der Waals surface area contributed by atoms with E-state index in [1.54, 1.807) is 0 Å². The summed E-state index contributed by atoms with van der Waals surface area (Å²) in [6, 6.07) is 0.233. The van der Waals surface area contributed by atoms with Gasteiger partial charge in [0.2, 0.25) is 5.13 Å². The van der Waals surface area contributed by atoms with Crippen molar-refractivity contribution in [2.75, 3.05) is 18.0 Å². The highest BCUT2D eigenvalue weighted by molar-refractivity contribution is 7.09. The van der Waals surface area contributed by atoms with Crippen molar-refractivity contribution in [2.24, 2.45) is 0 Å². The van der Waals surface area contributed by atoms with Crippen molar-refractivity contribution in [3.63, 3.8) is 0 Å². The van der Waals surface area contributed by atoms with Crippen molar-refractivity contribution < 1.29 is 9.13 Å². The van der Waals surface area contributed by atoms with Crippen molar-refractivity contribution in [3.05, 3.63) is 24.0 Å². The van der Waals surface area contributed by atoms with Crippen LogP contribution >= 0.6 is 11.5 Å². The second-order valence-electron chi connectivity index (χ2n) is 4.61. The number of piperidine rings is 1. The summed E-state index contributed by atoms with van der Waals surface area (Å²) in [6.07, 6.45) is 4.01. The molecule has 0 amide bonds. The van der Waals surface area contributed by atoms with Crippen LogP contribution in [0, 0.1) is 12.7 Å². The van der Waals surface area contributed by atoms with Gasteiger partial charge in [-0.25, -0.2) is 19.3 Å². The van der Waals surface area contributed by atoms with Crippen molar-refractivity contribution in [1.29, 1.82) is 0 Å². The number of nitrogens with zero attached hydrogens (tertiary/aromatic N) is 5. The fourth-order valence-electron chi connectivity index (χ4n) is 2.09. The number of aryl methyl sites for hydroxylation is 1. The van der Waals surface area contributed by atoms with Crippen LogP contribution in [-0.2, 0) is 0 Å². The maximum atomic E-state index is 12.7. The Balaban J connectivity index is 1.54. The monoisotopic (exact) mass is 295 g/mol. The summed E-state index contributed by atoms with van der Waals surface area (Å²) in [4.78, 5) is 14.2. The van der Waals surface area contributed by atoms with E-state index in [0.29, 0.717) is 0 Å². The first-order chi connectivity index (χ1) is 9.70. The molecule has 2 aromatic heterocycles. The summed E-state index contributed by atoms with van der Waals surface area (Å²) >= 11 is 1.42. The van der Waals surface area contributed by atoms with Crippen LogP contribution in [0.5, 0.6) is 6.01 Å². The summed E-state index contributed by atoms with van der Waals surface area (Å²) in [7, 11) is 0. The molecule has 20 heavy (non-hydrogen) atoms. The Bertz CT molecular complexity index is 567. The minimum absolute atomic E-state index is 0.0609. The molecule has 1 aliphatic rings. The molecule has 0 unspecified atom stereocenters. The topological polar surface area (TPSA) is 64.0 Å². The quantitative estimate of drug-likeness (QED) is 0.860. The maximum absolute atomic E-state index is 12.7. The van der Waals surface area contributed by atoms with E-state index >= 15 is 0 Å². The molecule has 0 spiro atoms. The molecule has 0 aromatic carbocycles. The third-order valence-corrected chi connectivity index (χ3v) is 3.97. The van der Waals surface area contributed by atoms with Crippen LogP contribution in [0.2, 0.25) is 0 Å². The Morgan fingerprint density at radius 1 is 1.30 bits per heavy atom. The summed E-state index contributed by atoms with van der Waals surface area (Å²) in [5, 5.41) is 0.957. The molecule has 0 bridgehead atoms. The Morgan fingerprint density at radius 3 is 2.60 bits per heavy atom. The third kappa shape index (κ3) is 3.01. The summed E-state index contributed by atoms with van der Waals surface area (Å²) < 4.78 is 22.5. The average Bonchev–Trinajstić information content (AvgIpc) is 2.89. The van der Waals surface area contributed by atoms with Crippen LogP contribution in [-0.4, -0.2) is 38.5 Å². The molecule has 3 rings (SSSR count). The number of aromatic nitrogens is 4. The first kappa shape index (κ1) is 13.2. The van der Waals surface area contributed by atoms with E-state index in [-0.39, 0.29) is 12.1 Å². The summed E-state index contributed by atoms with van der Waals surface area (Å²) in [6.45, 7) is 3.61. The summed E-state index contributed by atoms with van der Waals surface area (Å²) in [5.41, 5.74) is 0. The Morgan fingerprint density at radius 2 is 2.00 bits per heavy atom. The molecule has 1 saturated heterocycles. The number of ether oxygens (including phenoxy) is 1. The van der Waals surface area contributed by atoms with Crippen molar-refractivity contribution in [1.82, 2.24) is 19.3 Å². The van der Waals surface area contributed by atoms with Crippen LogP contribution in [0.1, 0.15) is 18.7 Å². The highest BCUT2D eigenvalue weighted by atomic mass is 32.1. The van der Waals surface area contributed by atoms with E-state index < -0.39 is 5.82 Å². The molecule has 106 valence electrons. The second kappa shape index (κ2) is 5.66. The van der Waals surface area contributed by atoms with E-state index in [1.165, 1.54) is 11.5 Å². The van der Waals surface area contributed by atoms with Crippen LogP contribution in [0.3, 0.4) is 0 Å². The zero-order valence-corrected chi connectivity index (χ0v) is 11.8. The molecule has 1 fully saturated rings. The largest absolute Gasteiger partial charge is 0.460 e. The van der Waals surface area contributed by atoms with Gasteiger partial charge in [0, 0.05) is 37.5 Å². The lowest BCUT2D eigenvalue weighted by Gasteiger charge is -2.30. The van der Waals surface area contributed by atoms with Crippen LogP contribution in [0.25, 0.3) is 0 Å². The van der Waals surface area contributed by atoms with Gasteiger partial charge in [0.05, 0.1) is 12.4 Å². The minimum atomic E-state index is -0.459. The number of halogens is 1. The lowest BCUT2D eigenvalue weighted by Crippen LogP contribution is -2.38. The van der Waals surface area contributed by atoms with Crippen LogP contribution in [0.15, 0.2) is 12.4 Å². The molecule has 0 N–H and O–H groups in total.